The number of benzene rings is 2. The molecule has 0 unspecified atom stereocenters. The minimum absolute atomic E-state index is 0.209. The molecule has 2 aromatic rings. The minimum Gasteiger partial charge on any atom is -0.279 e. The molecule has 0 aromatic heterocycles. The van der Waals surface area contributed by atoms with Crippen LogP contribution in [0.25, 0.3) is 0 Å². The minimum atomic E-state index is -3.62. The van der Waals surface area contributed by atoms with Crippen LogP contribution in [0.2, 0.25) is 5.02 Å². The lowest BCUT2D eigenvalue weighted by Gasteiger charge is -2.14. The second-order valence-electron chi connectivity index (χ2n) is 4.48. The Bertz CT molecular complexity index is 737. The number of aryl methyl sites for hydroxylation is 2. The van der Waals surface area contributed by atoms with E-state index in [1.807, 2.05) is 13.8 Å². The van der Waals surface area contributed by atoms with Gasteiger partial charge in [-0.05, 0) is 55.3 Å². The van der Waals surface area contributed by atoms with Gasteiger partial charge in [0.25, 0.3) is 10.0 Å². The van der Waals surface area contributed by atoms with E-state index in [4.69, 9.17) is 11.6 Å². The molecule has 2 aromatic carbocycles. The van der Waals surface area contributed by atoms with Crippen LogP contribution in [0.15, 0.2) is 45.8 Å². The topological polar surface area (TPSA) is 46.2 Å². The first kappa shape index (κ1) is 15.4. The summed E-state index contributed by atoms with van der Waals surface area (Å²) in [6, 6.07) is 10.0. The van der Waals surface area contributed by atoms with E-state index in [1.54, 1.807) is 36.4 Å². The van der Waals surface area contributed by atoms with Gasteiger partial charge < -0.3 is 0 Å². The van der Waals surface area contributed by atoms with Crippen molar-refractivity contribution >= 4 is 43.2 Å². The Hall–Kier alpha value is -1.04. The molecule has 0 amide bonds. The molecule has 0 saturated heterocycles. The Morgan fingerprint density at radius 1 is 1.10 bits per heavy atom. The molecule has 6 heteroatoms. The van der Waals surface area contributed by atoms with E-state index in [-0.39, 0.29) is 4.90 Å². The van der Waals surface area contributed by atoms with Crippen LogP contribution >= 0.6 is 27.5 Å². The number of anilines is 1. The van der Waals surface area contributed by atoms with Crippen LogP contribution in [0, 0.1) is 13.8 Å². The van der Waals surface area contributed by atoms with E-state index in [0.717, 1.165) is 11.1 Å². The second kappa shape index (κ2) is 5.76. The van der Waals surface area contributed by atoms with Gasteiger partial charge in [-0.1, -0.05) is 33.6 Å². The van der Waals surface area contributed by atoms with E-state index >= 15 is 0 Å². The van der Waals surface area contributed by atoms with Gasteiger partial charge in [-0.2, -0.15) is 0 Å². The van der Waals surface area contributed by atoms with Crippen molar-refractivity contribution in [3.8, 4) is 0 Å². The molecule has 0 aliphatic heterocycles. The van der Waals surface area contributed by atoms with Gasteiger partial charge >= 0.3 is 0 Å². The molecular formula is C14H13BrClNO2S. The van der Waals surface area contributed by atoms with Gasteiger partial charge in [-0.15, -0.1) is 0 Å². The fraction of sp³-hybridized carbons (Fsp3) is 0.143. The van der Waals surface area contributed by atoms with Crippen molar-refractivity contribution in [2.75, 3.05) is 4.72 Å². The number of rotatable bonds is 3. The van der Waals surface area contributed by atoms with E-state index in [9.17, 15) is 8.42 Å². The molecule has 0 spiro atoms. The molecule has 106 valence electrons. The number of sulfonamides is 1. The zero-order valence-corrected chi connectivity index (χ0v) is 14.1. The third-order valence-corrected chi connectivity index (χ3v) is 4.90. The van der Waals surface area contributed by atoms with Gasteiger partial charge in [-0.3, -0.25) is 4.72 Å². The maximum atomic E-state index is 12.4. The van der Waals surface area contributed by atoms with Crippen molar-refractivity contribution in [1.29, 1.82) is 0 Å². The van der Waals surface area contributed by atoms with E-state index in [2.05, 4.69) is 20.7 Å². The zero-order chi connectivity index (χ0) is 14.9. The molecule has 2 rings (SSSR count). The summed E-state index contributed by atoms with van der Waals surface area (Å²) in [7, 11) is -3.62. The molecule has 0 aliphatic carbocycles. The molecule has 0 atom stereocenters. The maximum Gasteiger partial charge on any atom is 0.261 e. The van der Waals surface area contributed by atoms with Gasteiger partial charge in [-0.25, -0.2) is 8.42 Å². The standard InChI is InChI=1S/C14H13BrClNO2S/c1-9-6-12(16)7-10(2)14(9)17-20(18,19)13-5-3-4-11(15)8-13/h3-8,17H,1-2H3. The van der Waals surface area contributed by atoms with Crippen molar-refractivity contribution in [3.05, 3.63) is 57.0 Å². The van der Waals surface area contributed by atoms with E-state index in [0.29, 0.717) is 15.2 Å². The zero-order valence-electron chi connectivity index (χ0n) is 10.9. The highest BCUT2D eigenvalue weighted by atomic mass is 79.9. The Kier molecular flexibility index (Phi) is 4.42. The predicted octanol–water partition coefficient (Wildman–Crippen LogP) is 4.52. The van der Waals surface area contributed by atoms with Crippen LogP contribution < -0.4 is 4.72 Å². The molecular weight excluding hydrogens is 362 g/mol. The van der Waals surface area contributed by atoms with Crippen LogP contribution in [0.1, 0.15) is 11.1 Å². The summed E-state index contributed by atoms with van der Waals surface area (Å²) >= 11 is 9.22. The molecule has 0 heterocycles. The summed E-state index contributed by atoms with van der Waals surface area (Å²) in [5.41, 5.74) is 2.14. The average Bonchev–Trinajstić information content (AvgIpc) is 2.34. The summed E-state index contributed by atoms with van der Waals surface area (Å²) in [6.07, 6.45) is 0. The van der Waals surface area contributed by atoms with E-state index < -0.39 is 10.0 Å². The Morgan fingerprint density at radius 2 is 1.70 bits per heavy atom. The van der Waals surface area contributed by atoms with Gasteiger partial charge in [0, 0.05) is 9.50 Å². The van der Waals surface area contributed by atoms with Crippen LogP contribution in [0.5, 0.6) is 0 Å². The highest BCUT2D eigenvalue weighted by Crippen LogP contribution is 2.27. The summed E-state index contributed by atoms with van der Waals surface area (Å²) < 4.78 is 28.1. The first-order chi connectivity index (χ1) is 9.29. The Balaban J connectivity index is 2.44. The third kappa shape index (κ3) is 3.34. The highest BCUT2D eigenvalue weighted by molar-refractivity contribution is 9.10. The number of nitrogens with one attached hydrogen (secondary N) is 1. The van der Waals surface area contributed by atoms with Crippen LogP contribution in [-0.2, 0) is 10.0 Å². The van der Waals surface area contributed by atoms with Crippen molar-refractivity contribution < 1.29 is 8.42 Å². The van der Waals surface area contributed by atoms with E-state index in [1.165, 1.54) is 0 Å². The smallest absolute Gasteiger partial charge is 0.261 e. The monoisotopic (exact) mass is 373 g/mol. The fourth-order valence-corrected chi connectivity index (χ4v) is 4.03. The second-order valence-corrected chi connectivity index (χ2v) is 7.51. The summed E-state index contributed by atoms with van der Waals surface area (Å²) in [5.74, 6) is 0. The highest BCUT2D eigenvalue weighted by Gasteiger charge is 2.17. The summed E-state index contributed by atoms with van der Waals surface area (Å²) in [5, 5.41) is 0.588. The molecule has 0 aliphatic rings. The third-order valence-electron chi connectivity index (χ3n) is 2.84. The van der Waals surface area contributed by atoms with Crippen LogP contribution in [0.3, 0.4) is 0 Å². The maximum absolute atomic E-state index is 12.4. The van der Waals surface area contributed by atoms with Gasteiger partial charge in [0.15, 0.2) is 0 Å². The largest absolute Gasteiger partial charge is 0.279 e. The van der Waals surface area contributed by atoms with Crippen molar-refractivity contribution in [3.63, 3.8) is 0 Å². The van der Waals surface area contributed by atoms with Gasteiger partial charge in [0.05, 0.1) is 10.6 Å². The lowest BCUT2D eigenvalue weighted by Crippen LogP contribution is -2.14. The van der Waals surface area contributed by atoms with Crippen LogP contribution in [0.4, 0.5) is 5.69 Å². The summed E-state index contributed by atoms with van der Waals surface area (Å²) in [6.45, 7) is 3.63. The fourth-order valence-electron chi connectivity index (χ4n) is 1.90. The predicted molar refractivity (Wildman–Crippen MR) is 85.9 cm³/mol. The lowest BCUT2D eigenvalue weighted by molar-refractivity contribution is 0.601. The molecule has 0 saturated carbocycles. The Labute approximate surface area is 132 Å². The molecule has 3 nitrogen and oxygen atoms in total. The first-order valence-electron chi connectivity index (χ1n) is 5.85. The molecule has 0 radical (unpaired) electrons. The number of hydrogen-bond donors (Lipinski definition) is 1. The molecule has 1 N–H and O–H groups in total. The molecule has 20 heavy (non-hydrogen) atoms. The van der Waals surface area contributed by atoms with Crippen LogP contribution in [-0.4, -0.2) is 8.42 Å². The first-order valence-corrected chi connectivity index (χ1v) is 8.50. The van der Waals surface area contributed by atoms with Crippen molar-refractivity contribution in [2.24, 2.45) is 0 Å². The van der Waals surface area contributed by atoms with Gasteiger partial charge in [0.1, 0.15) is 0 Å². The quantitative estimate of drug-likeness (QED) is 0.858. The molecule has 0 fully saturated rings. The summed E-state index contributed by atoms with van der Waals surface area (Å²) in [4.78, 5) is 0.209. The lowest BCUT2D eigenvalue weighted by atomic mass is 10.1. The molecule has 0 bridgehead atoms. The number of hydrogen-bond acceptors (Lipinski definition) is 2. The number of halogens is 2. The Morgan fingerprint density at radius 3 is 2.25 bits per heavy atom. The normalized spacial score (nSPS) is 11.4. The SMILES string of the molecule is Cc1cc(Cl)cc(C)c1NS(=O)(=O)c1cccc(Br)c1. The average molecular weight is 375 g/mol. The van der Waals surface area contributed by atoms with Crippen molar-refractivity contribution in [1.82, 2.24) is 0 Å². The van der Waals surface area contributed by atoms with Crippen molar-refractivity contribution in [2.45, 2.75) is 18.7 Å². The van der Waals surface area contributed by atoms with Gasteiger partial charge in [0.2, 0.25) is 0 Å².